The third-order valence-corrected chi connectivity index (χ3v) is 12.4. The molecule has 1 unspecified atom stereocenters. The number of rotatable bonds is 4. The summed E-state index contributed by atoms with van der Waals surface area (Å²) in [6, 6.07) is 0. The lowest BCUT2D eigenvalue weighted by Crippen LogP contribution is -2.55. The monoisotopic (exact) mass is 304 g/mol. The van der Waals surface area contributed by atoms with Crippen LogP contribution in [0.25, 0.3) is 0 Å². The van der Waals surface area contributed by atoms with Crippen molar-refractivity contribution in [3.05, 3.63) is 46.7 Å². The molecule has 2 aliphatic rings. The van der Waals surface area contributed by atoms with Gasteiger partial charge in [-0.1, -0.05) is 73.7 Å². The Balaban J connectivity index is 2.48. The molecule has 0 N–H and O–H groups in total. The largest absolute Gasteiger partial charge is 0.150 e. The van der Waals surface area contributed by atoms with Crippen molar-refractivity contribution in [1.82, 2.24) is 0 Å². The molecule has 0 radical (unpaired) electrons. The third kappa shape index (κ3) is 2.65. The molecule has 0 spiro atoms. The van der Waals surface area contributed by atoms with Crippen molar-refractivity contribution >= 4 is 19.8 Å². The molecule has 0 saturated heterocycles. The fourth-order valence-electron chi connectivity index (χ4n) is 3.58. The second-order valence-corrected chi connectivity index (χ2v) is 13.8. The van der Waals surface area contributed by atoms with Crippen LogP contribution in [0.5, 0.6) is 0 Å². The van der Waals surface area contributed by atoms with Crippen LogP contribution in [0.15, 0.2) is 46.7 Å². The lowest BCUT2D eigenvalue weighted by Gasteiger charge is -2.49. The van der Waals surface area contributed by atoms with Crippen molar-refractivity contribution in [2.45, 2.75) is 63.3 Å². The molecular formula is C18H28SSi. The van der Waals surface area contributed by atoms with Crippen molar-refractivity contribution in [3.8, 4) is 0 Å². The maximum absolute atomic E-state index is 2.57. The van der Waals surface area contributed by atoms with Crippen LogP contribution in [0, 0.1) is 0 Å². The molecule has 0 aromatic heterocycles. The number of hydrogen-bond acceptors (Lipinski definition) is 1. The summed E-state index contributed by atoms with van der Waals surface area (Å²) in [5.41, 5.74) is 3.03. The van der Waals surface area contributed by atoms with E-state index in [1.54, 1.807) is 10.8 Å². The van der Waals surface area contributed by atoms with Crippen LogP contribution >= 0.6 is 11.8 Å². The van der Waals surface area contributed by atoms with Gasteiger partial charge in [0.1, 0.15) is 8.07 Å². The smallest absolute Gasteiger partial charge is 0.103 e. The summed E-state index contributed by atoms with van der Waals surface area (Å²) in [5.74, 6) is 0. The van der Waals surface area contributed by atoms with Gasteiger partial charge in [-0.2, -0.15) is 11.8 Å². The highest BCUT2D eigenvalue weighted by atomic mass is 32.2. The molecule has 1 atom stereocenters. The molecule has 0 bridgehead atoms. The standard InChI is InChI=1S/C18H28SSi/c1-14(2)19-18(12-11-15(3)13-16(18)4)20(5,6)17-9-7-8-10-17/h7,9-11,13-14H,8,12H2,1-6H3. The summed E-state index contributed by atoms with van der Waals surface area (Å²) < 4.78 is 0.321. The van der Waals surface area contributed by atoms with E-state index in [4.69, 9.17) is 0 Å². The second kappa shape index (κ2) is 5.73. The quantitative estimate of drug-likeness (QED) is 0.588. The van der Waals surface area contributed by atoms with Gasteiger partial charge in [-0.15, -0.1) is 0 Å². The van der Waals surface area contributed by atoms with Gasteiger partial charge in [-0.3, -0.25) is 0 Å². The topological polar surface area (TPSA) is 0 Å². The van der Waals surface area contributed by atoms with E-state index in [9.17, 15) is 0 Å². The Hall–Kier alpha value is -0.473. The predicted molar refractivity (Wildman–Crippen MR) is 96.9 cm³/mol. The number of hydrogen-bond donors (Lipinski definition) is 0. The minimum atomic E-state index is -1.55. The van der Waals surface area contributed by atoms with Crippen molar-refractivity contribution in [2.24, 2.45) is 0 Å². The molecule has 2 heteroatoms. The lowest BCUT2D eigenvalue weighted by molar-refractivity contribution is 0.846. The van der Waals surface area contributed by atoms with E-state index in [1.165, 1.54) is 12.0 Å². The highest BCUT2D eigenvalue weighted by Gasteiger charge is 2.50. The SMILES string of the molecule is CC1=CCC(SC(C)C)([Si](C)(C)C2=CCC=C2)C(C)=C1. The van der Waals surface area contributed by atoms with E-state index in [0.717, 1.165) is 6.42 Å². The molecule has 0 fully saturated rings. The molecule has 0 saturated carbocycles. The van der Waals surface area contributed by atoms with Crippen LogP contribution in [0.4, 0.5) is 0 Å². The van der Waals surface area contributed by atoms with Crippen LogP contribution < -0.4 is 0 Å². The first-order chi connectivity index (χ1) is 9.29. The van der Waals surface area contributed by atoms with Gasteiger partial charge in [-0.05, 0) is 31.9 Å². The Labute approximate surface area is 130 Å². The minimum Gasteiger partial charge on any atom is -0.150 e. The average molecular weight is 305 g/mol. The van der Waals surface area contributed by atoms with E-state index in [0.29, 0.717) is 9.62 Å². The zero-order chi connectivity index (χ0) is 15.0. The predicted octanol–water partition coefficient (Wildman–Crippen LogP) is 5.84. The number of allylic oxidation sites excluding steroid dienone is 7. The van der Waals surface area contributed by atoms with Gasteiger partial charge in [0.15, 0.2) is 0 Å². The fourth-order valence-corrected chi connectivity index (χ4v) is 10.3. The summed E-state index contributed by atoms with van der Waals surface area (Å²) >= 11 is 2.20. The second-order valence-electron chi connectivity index (χ2n) is 6.90. The van der Waals surface area contributed by atoms with Crippen LogP contribution in [0.2, 0.25) is 13.1 Å². The van der Waals surface area contributed by atoms with Gasteiger partial charge in [0.2, 0.25) is 0 Å². The fraction of sp³-hybridized carbons (Fsp3) is 0.556. The van der Waals surface area contributed by atoms with Gasteiger partial charge in [0.05, 0.1) is 0 Å². The van der Waals surface area contributed by atoms with Gasteiger partial charge < -0.3 is 0 Å². The van der Waals surface area contributed by atoms with Crippen molar-refractivity contribution in [2.75, 3.05) is 0 Å². The zero-order valence-electron chi connectivity index (χ0n) is 13.8. The molecule has 0 aliphatic heterocycles. The Bertz CT molecular complexity index is 506. The first-order valence-corrected chi connectivity index (χ1v) is 11.6. The minimum absolute atomic E-state index is 0.321. The first kappa shape index (κ1) is 15.9. The summed E-state index contributed by atoms with van der Waals surface area (Å²) in [6.07, 6.45) is 14.4. The van der Waals surface area contributed by atoms with Gasteiger partial charge in [0, 0.05) is 4.37 Å². The Morgan fingerprint density at radius 1 is 1.20 bits per heavy atom. The highest BCUT2D eigenvalue weighted by Crippen LogP contribution is 2.51. The molecular weight excluding hydrogens is 276 g/mol. The molecule has 0 amide bonds. The Morgan fingerprint density at radius 2 is 1.90 bits per heavy atom. The van der Waals surface area contributed by atoms with Crippen molar-refractivity contribution < 1.29 is 0 Å². The maximum atomic E-state index is 2.57. The maximum Gasteiger partial charge on any atom is 0.103 e. The van der Waals surface area contributed by atoms with Crippen LogP contribution in [0.3, 0.4) is 0 Å². The van der Waals surface area contributed by atoms with E-state index in [1.807, 2.05) is 0 Å². The summed E-state index contributed by atoms with van der Waals surface area (Å²) in [6.45, 7) is 14.4. The van der Waals surface area contributed by atoms with Crippen molar-refractivity contribution in [1.29, 1.82) is 0 Å². The molecule has 0 nitrogen and oxygen atoms in total. The van der Waals surface area contributed by atoms with Crippen LogP contribution in [-0.4, -0.2) is 17.7 Å². The Kier molecular flexibility index (Phi) is 4.55. The van der Waals surface area contributed by atoms with Crippen molar-refractivity contribution in [3.63, 3.8) is 0 Å². The molecule has 2 rings (SSSR count). The van der Waals surface area contributed by atoms with E-state index in [-0.39, 0.29) is 0 Å². The summed E-state index contributed by atoms with van der Waals surface area (Å²) in [5, 5.41) is 2.31. The molecule has 0 heterocycles. The average Bonchev–Trinajstić information content (AvgIpc) is 2.86. The normalized spacial score (nSPS) is 26.6. The van der Waals surface area contributed by atoms with Crippen LogP contribution in [-0.2, 0) is 0 Å². The van der Waals surface area contributed by atoms with Crippen LogP contribution in [0.1, 0.15) is 40.5 Å². The third-order valence-electron chi connectivity index (χ3n) is 4.73. The molecule has 2 aliphatic carbocycles. The Morgan fingerprint density at radius 3 is 2.40 bits per heavy atom. The van der Waals surface area contributed by atoms with E-state index >= 15 is 0 Å². The van der Waals surface area contributed by atoms with E-state index in [2.05, 4.69) is 82.9 Å². The van der Waals surface area contributed by atoms with E-state index < -0.39 is 8.07 Å². The number of thioether (sulfide) groups is 1. The summed E-state index contributed by atoms with van der Waals surface area (Å²) in [4.78, 5) is 0. The molecule has 0 aromatic carbocycles. The lowest BCUT2D eigenvalue weighted by atomic mass is 10.0. The van der Waals surface area contributed by atoms with Gasteiger partial charge in [-0.25, -0.2) is 0 Å². The van der Waals surface area contributed by atoms with Gasteiger partial charge >= 0.3 is 0 Å². The van der Waals surface area contributed by atoms with Gasteiger partial charge in [0.25, 0.3) is 0 Å². The highest BCUT2D eigenvalue weighted by molar-refractivity contribution is 8.03. The first-order valence-electron chi connectivity index (χ1n) is 7.70. The zero-order valence-corrected chi connectivity index (χ0v) is 15.6. The molecule has 0 aromatic rings. The molecule has 110 valence electrons. The summed E-state index contributed by atoms with van der Waals surface area (Å²) in [7, 11) is -1.55. The molecule has 20 heavy (non-hydrogen) atoms.